The molecule has 0 atom stereocenters. The van der Waals surface area contributed by atoms with Crippen LogP contribution in [-0.2, 0) is 0 Å². The molecule has 1 aliphatic rings. The minimum absolute atomic E-state index is 0.575. The van der Waals surface area contributed by atoms with E-state index in [2.05, 4.69) is 46.0 Å². The zero-order valence-corrected chi connectivity index (χ0v) is 12.9. The largest absolute Gasteiger partial charge is 0.285 e. The van der Waals surface area contributed by atoms with Crippen molar-refractivity contribution < 1.29 is 0 Å². The van der Waals surface area contributed by atoms with Gasteiger partial charge in [-0.2, -0.15) is 0 Å². The van der Waals surface area contributed by atoms with Gasteiger partial charge in [0, 0.05) is 11.6 Å². The van der Waals surface area contributed by atoms with E-state index in [4.69, 9.17) is 0 Å². The molecule has 0 spiro atoms. The van der Waals surface area contributed by atoms with Crippen molar-refractivity contribution in [1.29, 1.82) is 0 Å². The summed E-state index contributed by atoms with van der Waals surface area (Å²) in [7, 11) is 0. The molecule has 1 aromatic carbocycles. The van der Waals surface area contributed by atoms with Crippen LogP contribution in [-0.4, -0.2) is 14.8 Å². The molecule has 3 heteroatoms. The summed E-state index contributed by atoms with van der Waals surface area (Å²) in [6, 6.07) is 10.4. The van der Waals surface area contributed by atoms with E-state index in [1.165, 1.54) is 50.6 Å². The SMILES string of the molecule is CCCCC1CCC(c2nncn2-c2ccccc2)CC1. The van der Waals surface area contributed by atoms with Crippen LogP contribution in [0.2, 0.25) is 0 Å². The molecule has 1 aliphatic carbocycles. The van der Waals surface area contributed by atoms with E-state index in [0.29, 0.717) is 5.92 Å². The van der Waals surface area contributed by atoms with Crippen LogP contribution in [0.15, 0.2) is 36.7 Å². The second-order valence-corrected chi connectivity index (χ2v) is 6.25. The van der Waals surface area contributed by atoms with Gasteiger partial charge in [-0.25, -0.2) is 0 Å². The van der Waals surface area contributed by atoms with Crippen LogP contribution in [0.3, 0.4) is 0 Å². The fourth-order valence-corrected chi connectivity index (χ4v) is 3.51. The van der Waals surface area contributed by atoms with Gasteiger partial charge in [0.2, 0.25) is 0 Å². The van der Waals surface area contributed by atoms with Crippen molar-refractivity contribution >= 4 is 0 Å². The Bertz CT molecular complexity index is 539. The van der Waals surface area contributed by atoms with Gasteiger partial charge in [-0.15, -0.1) is 10.2 Å². The third-order valence-electron chi connectivity index (χ3n) is 4.79. The average Bonchev–Trinajstić information content (AvgIpc) is 3.04. The normalized spacial score (nSPS) is 22.3. The van der Waals surface area contributed by atoms with E-state index in [1.807, 2.05) is 12.4 Å². The lowest BCUT2D eigenvalue weighted by molar-refractivity contribution is 0.297. The zero-order valence-electron chi connectivity index (χ0n) is 12.9. The summed E-state index contributed by atoms with van der Waals surface area (Å²) in [6.07, 6.45) is 11.2. The van der Waals surface area contributed by atoms with E-state index in [-0.39, 0.29) is 0 Å². The summed E-state index contributed by atoms with van der Waals surface area (Å²) in [5, 5.41) is 8.57. The monoisotopic (exact) mass is 283 g/mol. The summed E-state index contributed by atoms with van der Waals surface area (Å²) in [4.78, 5) is 0. The molecule has 0 saturated heterocycles. The third kappa shape index (κ3) is 3.34. The maximum Gasteiger partial charge on any atom is 0.140 e. The Labute approximate surface area is 127 Å². The van der Waals surface area contributed by atoms with E-state index in [9.17, 15) is 0 Å². The minimum Gasteiger partial charge on any atom is -0.285 e. The van der Waals surface area contributed by atoms with Crippen molar-refractivity contribution in [2.24, 2.45) is 5.92 Å². The summed E-state index contributed by atoms with van der Waals surface area (Å²) in [6.45, 7) is 2.29. The predicted octanol–water partition coefficient (Wildman–Crippen LogP) is 4.73. The van der Waals surface area contributed by atoms with Gasteiger partial charge in [-0.3, -0.25) is 4.57 Å². The van der Waals surface area contributed by atoms with Gasteiger partial charge in [0.1, 0.15) is 12.2 Å². The van der Waals surface area contributed by atoms with Gasteiger partial charge in [-0.1, -0.05) is 44.4 Å². The summed E-state index contributed by atoms with van der Waals surface area (Å²) in [5.41, 5.74) is 1.17. The van der Waals surface area contributed by atoms with E-state index >= 15 is 0 Å². The maximum atomic E-state index is 4.42. The highest BCUT2D eigenvalue weighted by molar-refractivity contribution is 5.32. The zero-order chi connectivity index (χ0) is 14.5. The number of hydrogen-bond acceptors (Lipinski definition) is 2. The maximum absolute atomic E-state index is 4.42. The molecule has 3 rings (SSSR count). The first-order valence-corrected chi connectivity index (χ1v) is 8.33. The number of para-hydroxylation sites is 1. The fraction of sp³-hybridized carbons (Fsp3) is 0.556. The van der Waals surface area contributed by atoms with Gasteiger partial charge in [0.25, 0.3) is 0 Å². The molecule has 0 aliphatic heterocycles. The summed E-state index contributed by atoms with van der Waals surface area (Å²) in [5.74, 6) is 2.66. The van der Waals surface area contributed by atoms with Crippen LogP contribution >= 0.6 is 0 Å². The van der Waals surface area contributed by atoms with Crippen molar-refractivity contribution in [1.82, 2.24) is 14.8 Å². The van der Waals surface area contributed by atoms with Crippen LogP contribution in [0, 0.1) is 5.92 Å². The van der Waals surface area contributed by atoms with Gasteiger partial charge >= 0.3 is 0 Å². The minimum atomic E-state index is 0.575. The molecule has 0 bridgehead atoms. The molecule has 3 nitrogen and oxygen atoms in total. The molecule has 112 valence electrons. The number of hydrogen-bond donors (Lipinski definition) is 0. The van der Waals surface area contributed by atoms with Crippen LogP contribution in [0.4, 0.5) is 0 Å². The first-order chi connectivity index (χ1) is 10.4. The number of nitrogens with zero attached hydrogens (tertiary/aromatic N) is 3. The lowest BCUT2D eigenvalue weighted by atomic mass is 9.79. The van der Waals surface area contributed by atoms with E-state index in [1.54, 1.807) is 0 Å². The van der Waals surface area contributed by atoms with Crippen molar-refractivity contribution in [3.05, 3.63) is 42.5 Å². The molecule has 1 aromatic heterocycles. The van der Waals surface area contributed by atoms with E-state index in [0.717, 1.165) is 11.7 Å². The Kier molecular flexibility index (Phi) is 4.69. The highest BCUT2D eigenvalue weighted by Crippen LogP contribution is 2.37. The molecule has 21 heavy (non-hydrogen) atoms. The molecule has 0 N–H and O–H groups in total. The quantitative estimate of drug-likeness (QED) is 0.794. The van der Waals surface area contributed by atoms with Gasteiger partial charge in [0.15, 0.2) is 0 Å². The Morgan fingerprint density at radius 2 is 1.86 bits per heavy atom. The molecule has 0 amide bonds. The van der Waals surface area contributed by atoms with E-state index < -0.39 is 0 Å². The van der Waals surface area contributed by atoms with Crippen LogP contribution in [0.1, 0.15) is 63.6 Å². The Balaban J connectivity index is 1.68. The van der Waals surface area contributed by atoms with Gasteiger partial charge in [-0.05, 0) is 43.7 Å². The molecular formula is C18H25N3. The highest BCUT2D eigenvalue weighted by atomic mass is 15.3. The number of benzene rings is 1. The molecule has 0 unspecified atom stereocenters. The second kappa shape index (κ2) is 6.88. The number of rotatable bonds is 5. The molecule has 1 saturated carbocycles. The summed E-state index contributed by atoms with van der Waals surface area (Å²) < 4.78 is 2.16. The van der Waals surface area contributed by atoms with Crippen LogP contribution in [0.25, 0.3) is 5.69 Å². The molecular weight excluding hydrogens is 258 g/mol. The third-order valence-corrected chi connectivity index (χ3v) is 4.79. The van der Waals surface area contributed by atoms with Crippen LogP contribution in [0.5, 0.6) is 0 Å². The number of aromatic nitrogens is 3. The fourth-order valence-electron chi connectivity index (χ4n) is 3.51. The molecule has 0 radical (unpaired) electrons. The predicted molar refractivity (Wildman–Crippen MR) is 85.6 cm³/mol. The standard InChI is InChI=1S/C18H25N3/c1-2-3-7-15-10-12-16(13-11-15)18-20-19-14-21(18)17-8-5-4-6-9-17/h4-6,8-9,14-16H,2-3,7,10-13H2,1H3. The Morgan fingerprint density at radius 1 is 1.10 bits per heavy atom. The molecule has 1 fully saturated rings. The Morgan fingerprint density at radius 3 is 2.57 bits per heavy atom. The van der Waals surface area contributed by atoms with Crippen molar-refractivity contribution in [2.45, 2.75) is 57.8 Å². The lowest BCUT2D eigenvalue weighted by Crippen LogP contribution is -2.16. The average molecular weight is 283 g/mol. The van der Waals surface area contributed by atoms with Gasteiger partial charge < -0.3 is 0 Å². The molecule has 2 aromatic rings. The lowest BCUT2D eigenvalue weighted by Gasteiger charge is -2.28. The smallest absolute Gasteiger partial charge is 0.140 e. The second-order valence-electron chi connectivity index (χ2n) is 6.25. The van der Waals surface area contributed by atoms with Crippen molar-refractivity contribution in [3.63, 3.8) is 0 Å². The first kappa shape index (κ1) is 14.3. The topological polar surface area (TPSA) is 30.7 Å². The van der Waals surface area contributed by atoms with Crippen LogP contribution < -0.4 is 0 Å². The first-order valence-electron chi connectivity index (χ1n) is 8.33. The van der Waals surface area contributed by atoms with Crippen molar-refractivity contribution in [2.75, 3.05) is 0 Å². The Hall–Kier alpha value is -1.64. The highest BCUT2D eigenvalue weighted by Gasteiger charge is 2.25. The molecule has 1 heterocycles. The van der Waals surface area contributed by atoms with Gasteiger partial charge in [0.05, 0.1) is 0 Å². The van der Waals surface area contributed by atoms with Crippen molar-refractivity contribution in [3.8, 4) is 5.69 Å². The summed E-state index contributed by atoms with van der Waals surface area (Å²) >= 11 is 0. The number of unbranched alkanes of at least 4 members (excludes halogenated alkanes) is 1.